The molecule has 1 saturated heterocycles. The molecule has 0 saturated carbocycles. The van der Waals surface area contributed by atoms with Gasteiger partial charge in [-0.25, -0.2) is 18.4 Å². The molecule has 0 aliphatic carbocycles. The molecular weight excluding hydrogens is 500 g/mol. The van der Waals surface area contributed by atoms with Gasteiger partial charge in [-0.3, -0.25) is 4.79 Å². The highest BCUT2D eigenvalue weighted by atomic mass is 32.2. The minimum Gasteiger partial charge on any atom is -0.361 e. The van der Waals surface area contributed by atoms with Crippen molar-refractivity contribution in [1.29, 1.82) is 0 Å². The number of hydrogen-bond donors (Lipinski definition) is 3. The summed E-state index contributed by atoms with van der Waals surface area (Å²) in [5.74, 6) is 0.388. The molecule has 9 nitrogen and oxygen atoms in total. The summed E-state index contributed by atoms with van der Waals surface area (Å²) in [4.78, 5) is 26.1. The van der Waals surface area contributed by atoms with E-state index in [4.69, 9.17) is 0 Å². The van der Waals surface area contributed by atoms with Crippen LogP contribution in [0.25, 0.3) is 23.1 Å². The van der Waals surface area contributed by atoms with Gasteiger partial charge < -0.3 is 20.9 Å². The first-order valence-electron chi connectivity index (χ1n) is 12.6. The third kappa shape index (κ3) is 5.46. The zero-order valence-electron chi connectivity index (χ0n) is 21.2. The van der Waals surface area contributed by atoms with Crippen LogP contribution in [0, 0.1) is 0 Å². The average Bonchev–Trinajstić information content (AvgIpc) is 3.42. The van der Waals surface area contributed by atoms with Crippen LogP contribution in [0.3, 0.4) is 0 Å². The number of piperidine rings is 1. The van der Waals surface area contributed by atoms with Crippen molar-refractivity contribution in [3.8, 4) is 0 Å². The maximum Gasteiger partial charge on any atom is 0.280 e. The fourth-order valence-electron chi connectivity index (χ4n) is 4.68. The molecule has 1 amide bonds. The number of sulfone groups is 1. The van der Waals surface area contributed by atoms with Crippen molar-refractivity contribution in [1.82, 2.24) is 19.9 Å². The molecule has 3 heterocycles. The number of fused-ring (bicyclic) bond motifs is 1. The van der Waals surface area contributed by atoms with E-state index in [0.717, 1.165) is 22.0 Å². The van der Waals surface area contributed by atoms with Gasteiger partial charge in [-0.15, -0.1) is 0 Å². The molecule has 1 atom stereocenters. The van der Waals surface area contributed by atoms with Crippen molar-refractivity contribution in [2.75, 3.05) is 18.4 Å². The lowest BCUT2D eigenvalue weighted by Crippen LogP contribution is -2.66. The number of quaternary nitrogens is 1. The summed E-state index contributed by atoms with van der Waals surface area (Å²) >= 11 is 0. The van der Waals surface area contributed by atoms with Gasteiger partial charge in [-0.05, 0) is 61.7 Å². The number of benzene rings is 2. The lowest BCUT2D eigenvalue weighted by atomic mass is 10.1. The molecular formula is C28H31N6O3S+. The van der Waals surface area contributed by atoms with Gasteiger partial charge in [0.1, 0.15) is 0 Å². The lowest BCUT2D eigenvalue weighted by Gasteiger charge is -2.32. The van der Waals surface area contributed by atoms with E-state index in [1.807, 2.05) is 36.5 Å². The Morgan fingerprint density at radius 3 is 2.47 bits per heavy atom. The fraction of sp³-hybridized carbons (Fsp3) is 0.250. The number of nitrogens with one attached hydrogen (secondary N) is 2. The number of carbonyl (C=O) groups is 1. The van der Waals surface area contributed by atoms with Crippen LogP contribution < -0.4 is 11.1 Å². The van der Waals surface area contributed by atoms with Crippen molar-refractivity contribution in [3.05, 3.63) is 78.2 Å². The predicted octanol–water partition coefficient (Wildman–Crippen LogP) is 3.27. The summed E-state index contributed by atoms with van der Waals surface area (Å²) in [6.07, 6.45) is 10.2. The van der Waals surface area contributed by atoms with Crippen LogP contribution in [0.4, 0.5) is 11.6 Å². The monoisotopic (exact) mass is 531 g/mol. The van der Waals surface area contributed by atoms with E-state index in [-0.39, 0.29) is 16.8 Å². The Morgan fingerprint density at radius 1 is 1.08 bits per heavy atom. The van der Waals surface area contributed by atoms with Crippen molar-refractivity contribution < 1.29 is 18.9 Å². The topological polar surface area (TPSA) is 136 Å². The second-order valence-electron chi connectivity index (χ2n) is 9.58. The van der Waals surface area contributed by atoms with Gasteiger partial charge in [0.15, 0.2) is 15.9 Å². The van der Waals surface area contributed by atoms with E-state index in [1.165, 1.54) is 0 Å². The molecule has 10 heteroatoms. The number of nitrogens with zero attached hydrogens (tertiary/aromatic N) is 3. The van der Waals surface area contributed by atoms with Crippen molar-refractivity contribution in [3.63, 3.8) is 0 Å². The minimum absolute atomic E-state index is 0.0307. The Kier molecular flexibility index (Phi) is 7.26. The molecule has 1 unspecified atom stereocenters. The summed E-state index contributed by atoms with van der Waals surface area (Å²) in [5, 5.41) is 3.77. The first-order chi connectivity index (χ1) is 18.3. The summed E-state index contributed by atoms with van der Waals surface area (Å²) in [5.41, 5.74) is 7.51. The maximum atomic E-state index is 13.2. The van der Waals surface area contributed by atoms with Crippen molar-refractivity contribution in [2.45, 2.75) is 36.0 Å². The molecule has 0 radical (unpaired) electrons. The zero-order valence-corrected chi connectivity index (χ0v) is 22.0. The molecule has 196 valence electrons. The minimum atomic E-state index is -3.49. The number of aromatic nitrogens is 3. The van der Waals surface area contributed by atoms with Gasteiger partial charge in [0.25, 0.3) is 5.91 Å². The summed E-state index contributed by atoms with van der Waals surface area (Å²) < 4.78 is 26.3. The van der Waals surface area contributed by atoms with Crippen LogP contribution >= 0.6 is 0 Å². The third-order valence-electron chi connectivity index (χ3n) is 6.81. The number of carbonyl (C=O) groups excluding carboxylic acids is 1. The highest BCUT2D eigenvalue weighted by molar-refractivity contribution is 7.92. The van der Waals surface area contributed by atoms with E-state index in [1.54, 1.807) is 48.5 Å². The zero-order chi connectivity index (χ0) is 26.7. The van der Waals surface area contributed by atoms with Gasteiger partial charge in [0, 0.05) is 53.8 Å². The second-order valence-corrected chi connectivity index (χ2v) is 11.8. The lowest BCUT2D eigenvalue weighted by molar-refractivity contribution is -0.400. The van der Waals surface area contributed by atoms with Gasteiger partial charge >= 0.3 is 0 Å². The molecule has 1 aliphatic heterocycles. The first kappa shape index (κ1) is 25.6. The molecule has 0 bridgehead atoms. The number of anilines is 2. The molecule has 0 spiro atoms. The standard InChI is InChI=1S/C28H30N6O3S/c1-19(29)27(35)34-15-12-24(13-16-34)38(36,37)23-9-7-22(8-10-23)33-28-31-17-20(18-32-28)5-6-21-3-2-4-26-25(21)11-14-30-26/h2-11,14,17-19,24,30H,12-13,15-16,29H2,1H3,(H,31,32,33)/p+1. The molecule has 5 N–H and O–H groups in total. The molecule has 2 aromatic heterocycles. The quantitative estimate of drug-likeness (QED) is 0.335. The molecule has 2 aromatic carbocycles. The normalized spacial score (nSPS) is 15.7. The predicted molar refractivity (Wildman–Crippen MR) is 148 cm³/mol. The second kappa shape index (κ2) is 10.8. The molecule has 5 rings (SSSR count). The van der Waals surface area contributed by atoms with Crippen LogP contribution in [0.1, 0.15) is 30.9 Å². The Labute approximate surface area is 221 Å². The van der Waals surface area contributed by atoms with Crippen LogP contribution in [0.15, 0.2) is 72.0 Å². The van der Waals surface area contributed by atoms with Crippen LogP contribution in [0.5, 0.6) is 0 Å². The largest absolute Gasteiger partial charge is 0.361 e. The maximum absolute atomic E-state index is 13.2. The highest BCUT2D eigenvalue weighted by Gasteiger charge is 2.33. The number of rotatable bonds is 7. The van der Waals surface area contributed by atoms with E-state index in [2.05, 4.69) is 32.1 Å². The Balaban J connectivity index is 1.20. The fourth-order valence-corrected chi connectivity index (χ4v) is 6.41. The van der Waals surface area contributed by atoms with Gasteiger partial charge in [-0.1, -0.05) is 24.3 Å². The summed E-state index contributed by atoms with van der Waals surface area (Å²) in [6, 6.07) is 14.5. The van der Waals surface area contributed by atoms with Crippen LogP contribution in [-0.4, -0.2) is 58.6 Å². The van der Waals surface area contributed by atoms with Gasteiger partial charge in [-0.2, -0.15) is 0 Å². The Morgan fingerprint density at radius 2 is 1.79 bits per heavy atom. The van der Waals surface area contributed by atoms with Crippen LogP contribution in [-0.2, 0) is 14.6 Å². The number of amides is 1. The molecule has 4 aromatic rings. The average molecular weight is 532 g/mol. The summed E-state index contributed by atoms with van der Waals surface area (Å²) in [6.45, 7) is 2.63. The van der Waals surface area contributed by atoms with E-state index >= 15 is 0 Å². The molecule has 1 aliphatic rings. The van der Waals surface area contributed by atoms with Gasteiger partial charge in [0.2, 0.25) is 5.95 Å². The molecule has 38 heavy (non-hydrogen) atoms. The molecule has 1 fully saturated rings. The van der Waals surface area contributed by atoms with Crippen molar-refractivity contribution in [2.24, 2.45) is 0 Å². The number of aromatic amines is 1. The third-order valence-corrected chi connectivity index (χ3v) is 9.09. The van der Waals surface area contributed by atoms with E-state index in [0.29, 0.717) is 37.6 Å². The van der Waals surface area contributed by atoms with E-state index in [9.17, 15) is 13.2 Å². The number of H-pyrrole nitrogens is 1. The number of hydrogen-bond acceptors (Lipinski definition) is 6. The Bertz CT molecular complexity index is 1550. The van der Waals surface area contributed by atoms with E-state index < -0.39 is 15.1 Å². The smallest absolute Gasteiger partial charge is 0.280 e. The highest BCUT2D eigenvalue weighted by Crippen LogP contribution is 2.26. The summed E-state index contributed by atoms with van der Waals surface area (Å²) in [7, 11) is -3.49. The SMILES string of the molecule is CC([NH3+])C(=O)N1CCC(S(=O)(=O)c2ccc(Nc3ncc(C=Cc4cccc5[nH]ccc45)cn3)cc2)CC1. The number of likely N-dealkylation sites (tertiary alicyclic amines) is 1. The Hall–Kier alpha value is -4.02. The first-order valence-corrected chi connectivity index (χ1v) is 14.1. The van der Waals surface area contributed by atoms with Crippen LogP contribution in [0.2, 0.25) is 0 Å². The van der Waals surface area contributed by atoms with Crippen molar-refractivity contribution >= 4 is 50.4 Å². The van der Waals surface area contributed by atoms with Gasteiger partial charge in [0.05, 0.1) is 10.1 Å².